The molecule has 3 heterocycles. The number of aromatic carboxylic acids is 1. The van der Waals surface area contributed by atoms with Crippen LogP contribution in [0.2, 0.25) is 0 Å². The Hall–Kier alpha value is -2.22. The fourth-order valence-electron chi connectivity index (χ4n) is 6.13. The molecule has 2 aromatic rings. The molecule has 194 valence electrons. The number of ether oxygens (including phenoxy) is 1. The third-order valence-corrected chi connectivity index (χ3v) is 9.52. The van der Waals surface area contributed by atoms with Crippen LogP contribution in [0.4, 0.5) is 5.00 Å². The molecule has 1 atom stereocenters. The minimum absolute atomic E-state index is 0.0186. The number of carbonyl (C=O) groups excluding carboxylic acids is 1. The summed E-state index contributed by atoms with van der Waals surface area (Å²) >= 11 is 1.46. The number of carboxylic acids is 1. The van der Waals surface area contributed by atoms with Crippen LogP contribution in [0.1, 0.15) is 68.6 Å². The fourth-order valence-corrected chi connectivity index (χ4v) is 7.36. The van der Waals surface area contributed by atoms with Gasteiger partial charge < -0.3 is 9.84 Å². The Kier molecular flexibility index (Phi) is 8.09. The van der Waals surface area contributed by atoms with Crippen LogP contribution in [0.25, 0.3) is 10.4 Å². The third-order valence-electron chi connectivity index (χ3n) is 8.34. The number of hydrogen-bond acceptors (Lipinski definition) is 5. The number of thiophene rings is 1. The van der Waals surface area contributed by atoms with Gasteiger partial charge in [0.05, 0.1) is 12.2 Å². The minimum Gasteiger partial charge on any atom is -0.478 e. The Morgan fingerprint density at radius 3 is 2.39 bits per heavy atom. The van der Waals surface area contributed by atoms with Gasteiger partial charge in [-0.1, -0.05) is 37.3 Å². The maximum atomic E-state index is 14.1. The van der Waals surface area contributed by atoms with Crippen LogP contribution in [0.3, 0.4) is 0 Å². The van der Waals surface area contributed by atoms with Crippen molar-refractivity contribution < 1.29 is 19.4 Å². The van der Waals surface area contributed by atoms with E-state index < -0.39 is 5.97 Å². The molecule has 0 spiro atoms. The number of anilines is 1. The molecule has 1 amide bonds. The van der Waals surface area contributed by atoms with E-state index >= 15 is 0 Å². The lowest BCUT2D eigenvalue weighted by atomic mass is 9.82. The van der Waals surface area contributed by atoms with E-state index in [0.29, 0.717) is 17.0 Å². The molecule has 6 nitrogen and oxygen atoms in total. The summed E-state index contributed by atoms with van der Waals surface area (Å²) in [5, 5.41) is 10.8. The second-order valence-electron chi connectivity index (χ2n) is 10.8. The first kappa shape index (κ1) is 25.4. The van der Waals surface area contributed by atoms with Crippen molar-refractivity contribution in [1.82, 2.24) is 4.90 Å². The van der Waals surface area contributed by atoms with Crippen molar-refractivity contribution in [2.24, 2.45) is 11.8 Å². The lowest BCUT2D eigenvalue weighted by molar-refractivity contribution is -0.124. The van der Waals surface area contributed by atoms with Crippen LogP contribution < -0.4 is 4.90 Å². The molecular formula is C29H38N2O4S. The first-order valence-corrected chi connectivity index (χ1v) is 14.4. The number of carboxylic acid groups (broad SMARTS) is 1. The lowest BCUT2D eigenvalue weighted by Crippen LogP contribution is -2.53. The second kappa shape index (κ2) is 11.4. The number of hydrogen-bond donors (Lipinski definition) is 1. The molecule has 2 aliphatic heterocycles. The van der Waals surface area contributed by atoms with Crippen molar-refractivity contribution in [2.45, 2.75) is 70.4 Å². The van der Waals surface area contributed by atoms with E-state index in [4.69, 9.17) is 4.74 Å². The summed E-state index contributed by atoms with van der Waals surface area (Å²) < 4.78 is 5.72. The average molecular weight is 511 g/mol. The highest BCUT2D eigenvalue weighted by atomic mass is 32.1. The third kappa shape index (κ3) is 5.53. The van der Waals surface area contributed by atoms with Crippen molar-refractivity contribution in [2.75, 3.05) is 31.2 Å². The molecule has 1 aliphatic carbocycles. The van der Waals surface area contributed by atoms with Gasteiger partial charge in [-0.2, -0.15) is 0 Å². The van der Waals surface area contributed by atoms with Gasteiger partial charge in [0.1, 0.15) is 5.00 Å². The Bertz CT molecular complexity index is 1030. The van der Waals surface area contributed by atoms with E-state index in [0.717, 1.165) is 81.7 Å². The molecule has 1 N–H and O–H groups in total. The first-order valence-electron chi connectivity index (χ1n) is 13.6. The maximum Gasteiger partial charge on any atom is 0.338 e. The average Bonchev–Trinajstić information content (AvgIpc) is 3.36. The molecule has 3 aliphatic rings. The van der Waals surface area contributed by atoms with Gasteiger partial charge >= 0.3 is 5.97 Å². The fraction of sp³-hybridized carbons (Fsp3) is 0.586. The molecule has 3 fully saturated rings. The largest absolute Gasteiger partial charge is 0.478 e. The van der Waals surface area contributed by atoms with Crippen LogP contribution in [0, 0.1) is 11.8 Å². The van der Waals surface area contributed by atoms with Crippen molar-refractivity contribution in [3.8, 4) is 10.4 Å². The molecule has 7 heteroatoms. The number of benzene rings is 1. The highest BCUT2D eigenvalue weighted by molar-refractivity contribution is 7.20. The SMILES string of the molecule is C[C@H]1CC[C@H](C(=O)N(c2sc(-c3ccccc3)cc2C(=O)O)C2CCN(C3CCCOC3)CC2)CC1. The number of rotatable bonds is 6. The van der Waals surface area contributed by atoms with E-state index in [1.165, 1.54) is 17.8 Å². The normalized spacial score (nSPS) is 26.0. The van der Waals surface area contributed by atoms with Gasteiger partial charge in [0.15, 0.2) is 0 Å². The summed E-state index contributed by atoms with van der Waals surface area (Å²) in [5.74, 6) is -0.194. The molecule has 2 saturated heterocycles. The summed E-state index contributed by atoms with van der Waals surface area (Å²) in [4.78, 5) is 31.9. The van der Waals surface area contributed by atoms with Gasteiger partial charge in [-0.05, 0) is 68.9 Å². The summed E-state index contributed by atoms with van der Waals surface area (Å²) in [7, 11) is 0. The van der Waals surface area contributed by atoms with Crippen molar-refractivity contribution in [3.63, 3.8) is 0 Å². The Labute approximate surface area is 218 Å². The van der Waals surface area contributed by atoms with Crippen molar-refractivity contribution in [1.29, 1.82) is 0 Å². The van der Waals surface area contributed by atoms with E-state index in [1.807, 2.05) is 35.2 Å². The highest BCUT2D eigenvalue weighted by Gasteiger charge is 2.38. The molecule has 0 bridgehead atoms. The summed E-state index contributed by atoms with van der Waals surface area (Å²) in [6, 6.07) is 12.1. The zero-order chi connectivity index (χ0) is 25.1. The first-order chi connectivity index (χ1) is 17.5. The van der Waals surface area contributed by atoms with Crippen LogP contribution in [0.15, 0.2) is 36.4 Å². The summed E-state index contributed by atoms with van der Waals surface area (Å²) in [6.45, 7) is 5.75. The molecule has 1 saturated carbocycles. The molecule has 1 aromatic carbocycles. The summed E-state index contributed by atoms with van der Waals surface area (Å²) in [5.41, 5.74) is 1.24. The van der Waals surface area contributed by atoms with E-state index in [2.05, 4.69) is 11.8 Å². The lowest BCUT2D eigenvalue weighted by Gasteiger charge is -2.43. The molecule has 36 heavy (non-hydrogen) atoms. The van der Waals surface area contributed by atoms with Crippen LogP contribution >= 0.6 is 11.3 Å². The monoisotopic (exact) mass is 510 g/mol. The van der Waals surface area contributed by atoms with Crippen molar-refractivity contribution in [3.05, 3.63) is 42.0 Å². The number of carbonyl (C=O) groups is 2. The zero-order valence-electron chi connectivity index (χ0n) is 21.2. The highest BCUT2D eigenvalue weighted by Crippen LogP contribution is 2.42. The van der Waals surface area contributed by atoms with Gasteiger partial charge in [0.25, 0.3) is 0 Å². The standard InChI is InChI=1S/C29H38N2O4S/c1-20-9-11-22(12-10-20)27(32)31(23-13-15-30(16-14-23)24-8-5-17-35-19-24)28-25(29(33)34)18-26(36-28)21-6-3-2-4-7-21/h2-4,6-7,18,20,22-24H,5,8-17,19H2,1H3,(H,33,34)/t20-,22-,24?. The minimum atomic E-state index is -0.963. The Balaban J connectivity index is 1.44. The predicted octanol–water partition coefficient (Wildman–Crippen LogP) is 5.92. The quantitative estimate of drug-likeness (QED) is 0.523. The molecule has 5 rings (SSSR count). The Morgan fingerprint density at radius 1 is 1.03 bits per heavy atom. The van der Waals surface area contributed by atoms with Crippen LogP contribution in [-0.4, -0.2) is 60.3 Å². The summed E-state index contributed by atoms with van der Waals surface area (Å²) in [6.07, 6.45) is 7.93. The number of nitrogens with zero attached hydrogens (tertiary/aromatic N) is 2. The van der Waals surface area contributed by atoms with Gasteiger partial charge in [-0.15, -0.1) is 11.3 Å². The van der Waals surface area contributed by atoms with E-state index in [-0.39, 0.29) is 23.4 Å². The van der Waals surface area contributed by atoms with Crippen LogP contribution in [-0.2, 0) is 9.53 Å². The van der Waals surface area contributed by atoms with Gasteiger partial charge in [0, 0.05) is 42.6 Å². The van der Waals surface area contributed by atoms with Gasteiger partial charge in [0.2, 0.25) is 5.91 Å². The molecule has 1 unspecified atom stereocenters. The smallest absolute Gasteiger partial charge is 0.338 e. The van der Waals surface area contributed by atoms with Gasteiger partial charge in [-0.25, -0.2) is 4.79 Å². The van der Waals surface area contributed by atoms with E-state index in [9.17, 15) is 14.7 Å². The molecular weight excluding hydrogens is 472 g/mol. The number of likely N-dealkylation sites (tertiary alicyclic amines) is 1. The number of amides is 1. The predicted molar refractivity (Wildman–Crippen MR) is 144 cm³/mol. The maximum absolute atomic E-state index is 14.1. The molecule has 1 aromatic heterocycles. The number of piperidine rings is 1. The Morgan fingerprint density at radius 2 is 1.75 bits per heavy atom. The topological polar surface area (TPSA) is 70.1 Å². The molecule has 0 radical (unpaired) electrons. The van der Waals surface area contributed by atoms with Crippen molar-refractivity contribution >= 4 is 28.2 Å². The zero-order valence-corrected chi connectivity index (χ0v) is 22.0. The van der Waals surface area contributed by atoms with Crippen LogP contribution in [0.5, 0.6) is 0 Å². The van der Waals surface area contributed by atoms with Gasteiger partial charge in [-0.3, -0.25) is 14.6 Å². The van der Waals surface area contributed by atoms with E-state index in [1.54, 1.807) is 6.07 Å². The second-order valence-corrected chi connectivity index (χ2v) is 11.8.